The van der Waals surface area contributed by atoms with Gasteiger partial charge in [-0.3, -0.25) is 0 Å². The van der Waals surface area contributed by atoms with Crippen LogP contribution in [0, 0.1) is 6.92 Å². The Kier molecular flexibility index (Phi) is 6.33. The fraction of sp³-hybridized carbons (Fsp3) is 0.533. The highest BCUT2D eigenvalue weighted by Gasteiger charge is 2.60. The van der Waals surface area contributed by atoms with E-state index in [1.165, 1.54) is 11.9 Å². The quantitative estimate of drug-likeness (QED) is 0.559. The van der Waals surface area contributed by atoms with E-state index < -0.39 is 24.5 Å². The number of piperazine rings is 1. The minimum atomic E-state index is -5.71. The maximum atomic E-state index is 12.4. The highest BCUT2D eigenvalue weighted by atomic mass is 32.2. The van der Waals surface area contributed by atoms with Gasteiger partial charge in [-0.15, -0.1) is 0 Å². The zero-order chi connectivity index (χ0) is 19.5. The first-order chi connectivity index (χ1) is 12.0. The van der Waals surface area contributed by atoms with Crippen LogP contribution in [0.4, 0.5) is 31.1 Å². The van der Waals surface area contributed by atoms with Crippen LogP contribution < -0.4 is 0 Å². The Morgan fingerprint density at radius 2 is 1.50 bits per heavy atom. The fourth-order valence-electron chi connectivity index (χ4n) is 2.20. The van der Waals surface area contributed by atoms with Gasteiger partial charge in [0.1, 0.15) is 0 Å². The summed E-state index contributed by atoms with van der Waals surface area (Å²) in [7, 11) is 0. The number of aryl methyl sites for hydroxylation is 1. The van der Waals surface area contributed by atoms with Gasteiger partial charge in [0.2, 0.25) is 0 Å². The molecule has 0 saturated carbocycles. The topological polar surface area (TPSA) is 32.8 Å². The van der Waals surface area contributed by atoms with Crippen molar-refractivity contribution < 1.29 is 35.9 Å². The SMILES string of the molecule is Cc1ccc(SN2CCN(C(=O)OC(C(F)(F)F)C(F)(F)F)CC2)cc1. The molecule has 0 spiro atoms. The monoisotopic (exact) mass is 402 g/mol. The Morgan fingerprint density at radius 1 is 1.00 bits per heavy atom. The van der Waals surface area contributed by atoms with E-state index in [1.807, 2.05) is 35.5 Å². The molecule has 1 amide bonds. The van der Waals surface area contributed by atoms with Crippen LogP contribution in [0.2, 0.25) is 0 Å². The largest absolute Gasteiger partial charge is 0.434 e. The van der Waals surface area contributed by atoms with Crippen LogP contribution in [0.15, 0.2) is 29.2 Å². The standard InChI is InChI=1S/C15H16F6N2O2S/c1-10-2-4-11(5-3-10)26-23-8-6-22(7-9-23)13(24)25-12(14(16,17)18)15(19,20)21/h2-5,12H,6-9H2,1H3. The smallest absolute Gasteiger partial charge is 0.426 e. The Bertz CT molecular complexity index is 598. The summed E-state index contributed by atoms with van der Waals surface area (Å²) in [6.45, 7) is 2.46. The molecule has 26 heavy (non-hydrogen) atoms. The van der Waals surface area contributed by atoms with E-state index in [-0.39, 0.29) is 26.2 Å². The zero-order valence-corrected chi connectivity index (χ0v) is 14.4. The lowest BCUT2D eigenvalue weighted by molar-refractivity contribution is -0.308. The Hall–Kier alpha value is -1.62. The maximum Gasteiger partial charge on any atom is 0.434 e. The van der Waals surface area contributed by atoms with E-state index >= 15 is 0 Å². The predicted molar refractivity (Wildman–Crippen MR) is 82.6 cm³/mol. The van der Waals surface area contributed by atoms with Crippen LogP contribution in [0.3, 0.4) is 0 Å². The van der Waals surface area contributed by atoms with Gasteiger partial charge in [-0.05, 0) is 31.0 Å². The average molecular weight is 402 g/mol. The molecule has 0 unspecified atom stereocenters. The van der Waals surface area contributed by atoms with E-state index in [1.54, 1.807) is 0 Å². The van der Waals surface area contributed by atoms with Crippen LogP contribution >= 0.6 is 11.9 Å². The summed E-state index contributed by atoms with van der Waals surface area (Å²) in [5.41, 5.74) is 1.09. The fourth-order valence-corrected chi connectivity index (χ4v) is 3.11. The van der Waals surface area contributed by atoms with Gasteiger partial charge < -0.3 is 9.64 Å². The molecule has 0 aliphatic carbocycles. The molecule has 1 aromatic rings. The predicted octanol–water partition coefficient (Wildman–Crippen LogP) is 4.25. The molecule has 0 aromatic heterocycles. The van der Waals surface area contributed by atoms with Gasteiger partial charge in [-0.2, -0.15) is 26.3 Å². The van der Waals surface area contributed by atoms with E-state index in [0.717, 1.165) is 15.4 Å². The second-order valence-electron chi connectivity index (χ2n) is 5.67. The molecule has 146 valence electrons. The number of carbonyl (C=O) groups excluding carboxylic acids is 1. The minimum absolute atomic E-state index is 0.0276. The lowest BCUT2D eigenvalue weighted by Crippen LogP contribution is -2.51. The number of hydrogen-bond acceptors (Lipinski definition) is 4. The van der Waals surface area contributed by atoms with Crippen LogP contribution in [0.25, 0.3) is 0 Å². The first-order valence-corrected chi connectivity index (χ1v) is 8.33. The molecule has 0 atom stereocenters. The first kappa shape index (κ1) is 20.7. The van der Waals surface area contributed by atoms with E-state index in [4.69, 9.17) is 0 Å². The normalized spacial score (nSPS) is 16.8. The molecule has 11 heteroatoms. The number of hydrogen-bond donors (Lipinski definition) is 0. The molecule has 0 N–H and O–H groups in total. The molecule has 1 aromatic carbocycles. The summed E-state index contributed by atoms with van der Waals surface area (Å²) in [6.07, 6.45) is -17.2. The lowest BCUT2D eigenvalue weighted by Gasteiger charge is -2.34. The molecule has 1 heterocycles. The number of halogens is 6. The summed E-state index contributed by atoms with van der Waals surface area (Å²) in [5.74, 6) is 0. The van der Waals surface area contributed by atoms with Gasteiger partial charge in [0.25, 0.3) is 6.10 Å². The molecule has 1 aliphatic heterocycles. The van der Waals surface area contributed by atoms with Crippen molar-refractivity contribution >= 4 is 18.0 Å². The third kappa shape index (κ3) is 5.70. The molecule has 0 bridgehead atoms. The summed E-state index contributed by atoms with van der Waals surface area (Å²) in [4.78, 5) is 13.5. The second kappa shape index (κ2) is 7.95. The van der Waals surface area contributed by atoms with Crippen molar-refractivity contribution in [2.24, 2.45) is 0 Å². The molecule has 1 saturated heterocycles. The van der Waals surface area contributed by atoms with E-state index in [2.05, 4.69) is 4.74 Å². The molecular formula is C15H16F6N2O2S. The zero-order valence-electron chi connectivity index (χ0n) is 13.6. The van der Waals surface area contributed by atoms with Crippen molar-refractivity contribution in [1.82, 2.24) is 9.21 Å². The van der Waals surface area contributed by atoms with E-state index in [0.29, 0.717) is 0 Å². The molecule has 4 nitrogen and oxygen atoms in total. The molecule has 0 radical (unpaired) electrons. The van der Waals surface area contributed by atoms with Crippen LogP contribution in [-0.4, -0.2) is 59.9 Å². The van der Waals surface area contributed by atoms with Crippen molar-refractivity contribution in [1.29, 1.82) is 0 Å². The van der Waals surface area contributed by atoms with Gasteiger partial charge in [-0.1, -0.05) is 17.7 Å². The van der Waals surface area contributed by atoms with Crippen molar-refractivity contribution in [3.63, 3.8) is 0 Å². The number of alkyl halides is 6. The maximum absolute atomic E-state index is 12.4. The summed E-state index contributed by atoms with van der Waals surface area (Å²) in [6, 6.07) is 7.64. The van der Waals surface area contributed by atoms with Gasteiger partial charge in [0, 0.05) is 31.1 Å². The molecule has 1 aliphatic rings. The number of rotatable bonds is 3. The number of benzene rings is 1. The van der Waals surface area contributed by atoms with Gasteiger partial charge in [0.05, 0.1) is 0 Å². The lowest BCUT2D eigenvalue weighted by atomic mass is 10.2. The summed E-state index contributed by atoms with van der Waals surface area (Å²) < 4.78 is 80.3. The minimum Gasteiger partial charge on any atom is -0.426 e. The Morgan fingerprint density at radius 3 is 1.96 bits per heavy atom. The first-order valence-electron chi connectivity index (χ1n) is 7.55. The number of amides is 1. The van der Waals surface area contributed by atoms with Gasteiger partial charge >= 0.3 is 18.4 Å². The summed E-state index contributed by atoms with van der Waals surface area (Å²) in [5, 5.41) is 0. The highest BCUT2D eigenvalue weighted by molar-refractivity contribution is 7.97. The van der Waals surface area contributed by atoms with Crippen molar-refractivity contribution in [3.8, 4) is 0 Å². The van der Waals surface area contributed by atoms with Crippen molar-refractivity contribution in [3.05, 3.63) is 29.8 Å². The van der Waals surface area contributed by atoms with Crippen LogP contribution in [0.5, 0.6) is 0 Å². The third-order valence-electron chi connectivity index (χ3n) is 3.57. The average Bonchev–Trinajstić information content (AvgIpc) is 2.53. The number of carbonyl (C=O) groups is 1. The van der Waals surface area contributed by atoms with Crippen LogP contribution in [-0.2, 0) is 4.74 Å². The Balaban J connectivity index is 1.88. The van der Waals surface area contributed by atoms with Crippen molar-refractivity contribution in [2.45, 2.75) is 30.3 Å². The second-order valence-corrected chi connectivity index (χ2v) is 6.84. The molecular weight excluding hydrogens is 386 g/mol. The summed E-state index contributed by atoms with van der Waals surface area (Å²) >= 11 is 1.40. The van der Waals surface area contributed by atoms with Gasteiger partial charge in [0.15, 0.2) is 0 Å². The Labute approximate surface area is 150 Å². The van der Waals surface area contributed by atoms with Crippen LogP contribution in [0.1, 0.15) is 5.56 Å². The third-order valence-corrected chi connectivity index (χ3v) is 4.67. The van der Waals surface area contributed by atoms with E-state index in [9.17, 15) is 31.1 Å². The number of nitrogens with zero attached hydrogens (tertiary/aromatic N) is 2. The van der Waals surface area contributed by atoms with Crippen molar-refractivity contribution in [2.75, 3.05) is 26.2 Å². The highest BCUT2D eigenvalue weighted by Crippen LogP contribution is 2.36. The molecule has 1 fully saturated rings. The van der Waals surface area contributed by atoms with Gasteiger partial charge in [-0.25, -0.2) is 9.10 Å². The number of ether oxygens (including phenoxy) is 1. The molecule has 2 rings (SSSR count).